The largest absolute Gasteiger partial charge is 0.206 e. The Kier molecular flexibility index (Phi) is 2.98. The summed E-state index contributed by atoms with van der Waals surface area (Å²) >= 11 is 0. The summed E-state index contributed by atoms with van der Waals surface area (Å²) < 4.78 is 14.0. The van der Waals surface area contributed by atoms with Crippen molar-refractivity contribution in [1.82, 2.24) is 0 Å². The van der Waals surface area contributed by atoms with Gasteiger partial charge >= 0.3 is 0 Å². The summed E-state index contributed by atoms with van der Waals surface area (Å²) in [5.41, 5.74) is 1.83. The van der Waals surface area contributed by atoms with Crippen molar-refractivity contribution in [2.75, 3.05) is 0 Å². The molecule has 2 rings (SSSR count). The Morgan fingerprint density at radius 1 is 1.00 bits per heavy atom. The molecule has 1 nitrogen and oxygen atoms in total. The minimum Gasteiger partial charge on any atom is -0.206 e. The molecule has 2 aromatic carbocycles. The predicted octanol–water partition coefficient (Wildman–Crippen LogP) is 3.56. The fraction of sp³-hybridized carbons (Fsp3) is 0.0714. The van der Waals surface area contributed by atoms with Gasteiger partial charge < -0.3 is 0 Å². The quantitative estimate of drug-likeness (QED) is 0.745. The van der Waals surface area contributed by atoms with Gasteiger partial charge in [-0.15, -0.1) is 0 Å². The van der Waals surface area contributed by atoms with Crippen molar-refractivity contribution in [3.8, 4) is 17.2 Å². The van der Waals surface area contributed by atoms with E-state index in [0.29, 0.717) is 11.1 Å². The van der Waals surface area contributed by atoms with Crippen LogP contribution in [0.5, 0.6) is 0 Å². The molecule has 0 heterocycles. The average Bonchev–Trinajstić information content (AvgIpc) is 2.33. The van der Waals surface area contributed by atoms with Crippen molar-refractivity contribution in [3.05, 3.63) is 59.9 Å². The number of hydrogen-bond acceptors (Lipinski definition) is 1. The topological polar surface area (TPSA) is 23.8 Å². The molecule has 2 aromatic rings. The Morgan fingerprint density at radius 2 is 1.75 bits per heavy atom. The normalized spacial score (nSPS) is 9.75. The second-order valence-corrected chi connectivity index (χ2v) is 3.48. The van der Waals surface area contributed by atoms with Gasteiger partial charge in [0.25, 0.3) is 0 Å². The van der Waals surface area contributed by atoms with Gasteiger partial charge in [0.1, 0.15) is 5.82 Å². The van der Waals surface area contributed by atoms with Crippen molar-refractivity contribution < 1.29 is 4.39 Å². The third-order valence-electron chi connectivity index (χ3n) is 2.43. The minimum absolute atomic E-state index is 0.104. The van der Waals surface area contributed by atoms with Crippen LogP contribution in [0, 0.1) is 17.1 Å². The molecule has 78 valence electrons. The van der Waals surface area contributed by atoms with Crippen LogP contribution in [0.2, 0.25) is 0 Å². The molecule has 0 aliphatic rings. The molecule has 0 saturated carbocycles. The third-order valence-corrected chi connectivity index (χ3v) is 2.43. The van der Waals surface area contributed by atoms with Gasteiger partial charge in [0.2, 0.25) is 0 Å². The highest BCUT2D eigenvalue weighted by Crippen LogP contribution is 2.24. The summed E-state index contributed by atoms with van der Waals surface area (Å²) in [4.78, 5) is 0. The summed E-state index contributed by atoms with van der Waals surface area (Å²) in [6.07, 6.45) is 0.104. The molecule has 0 fully saturated rings. The maximum Gasteiger partial charge on any atom is 0.135 e. The lowest BCUT2D eigenvalue weighted by Gasteiger charge is -2.05. The van der Waals surface area contributed by atoms with Gasteiger partial charge in [-0.05, 0) is 5.56 Å². The lowest BCUT2D eigenvalue weighted by atomic mass is 10.0. The Hall–Kier alpha value is -2.14. The van der Waals surface area contributed by atoms with Gasteiger partial charge in [-0.3, -0.25) is 0 Å². The maximum absolute atomic E-state index is 14.0. The number of nitriles is 1. The van der Waals surface area contributed by atoms with Crippen LogP contribution >= 0.6 is 0 Å². The first kappa shape index (κ1) is 10.4. The van der Waals surface area contributed by atoms with Crippen molar-refractivity contribution in [3.63, 3.8) is 0 Å². The van der Waals surface area contributed by atoms with E-state index >= 15 is 0 Å². The summed E-state index contributed by atoms with van der Waals surface area (Å²) in [5, 5.41) is 8.59. The van der Waals surface area contributed by atoms with Crippen LogP contribution in [-0.2, 0) is 6.42 Å². The van der Waals surface area contributed by atoms with E-state index in [0.717, 1.165) is 5.56 Å². The fourth-order valence-corrected chi connectivity index (χ4v) is 1.64. The highest BCUT2D eigenvalue weighted by atomic mass is 19.1. The molecule has 0 radical (unpaired) electrons. The average molecular weight is 211 g/mol. The molecule has 0 unspecified atom stereocenters. The molecule has 16 heavy (non-hydrogen) atoms. The molecule has 0 atom stereocenters. The molecule has 0 spiro atoms. The van der Waals surface area contributed by atoms with Gasteiger partial charge in [0.05, 0.1) is 12.5 Å². The molecule has 0 aliphatic carbocycles. The summed E-state index contributed by atoms with van der Waals surface area (Å²) in [6, 6.07) is 16.4. The second kappa shape index (κ2) is 4.59. The lowest BCUT2D eigenvalue weighted by molar-refractivity contribution is 0.619. The van der Waals surface area contributed by atoms with Crippen molar-refractivity contribution >= 4 is 0 Å². The molecule has 0 saturated heterocycles. The molecular formula is C14H10FN. The molecule has 0 bridgehead atoms. The first-order chi connectivity index (χ1) is 7.83. The van der Waals surface area contributed by atoms with Crippen LogP contribution in [0.3, 0.4) is 0 Å². The van der Waals surface area contributed by atoms with E-state index in [1.165, 1.54) is 0 Å². The SMILES string of the molecule is N#CCc1cccc(-c2ccccc2)c1F. The van der Waals surface area contributed by atoms with E-state index in [9.17, 15) is 4.39 Å². The van der Waals surface area contributed by atoms with Crippen LogP contribution in [0.25, 0.3) is 11.1 Å². The van der Waals surface area contributed by atoms with Crippen molar-refractivity contribution in [2.45, 2.75) is 6.42 Å². The fourth-order valence-electron chi connectivity index (χ4n) is 1.64. The van der Waals surface area contributed by atoms with Gasteiger partial charge in [-0.2, -0.15) is 5.26 Å². The summed E-state index contributed by atoms with van der Waals surface area (Å²) in [5.74, 6) is -0.296. The molecule has 0 N–H and O–H groups in total. The van der Waals surface area contributed by atoms with E-state index in [2.05, 4.69) is 0 Å². The standard InChI is InChI=1S/C14H10FN/c15-14-12(9-10-16)7-4-8-13(14)11-5-2-1-3-6-11/h1-8H,9H2. The monoisotopic (exact) mass is 211 g/mol. The van der Waals surface area contributed by atoms with E-state index in [1.54, 1.807) is 18.2 Å². The van der Waals surface area contributed by atoms with Gasteiger partial charge in [-0.25, -0.2) is 4.39 Å². The van der Waals surface area contributed by atoms with Gasteiger partial charge in [-0.1, -0.05) is 48.5 Å². The zero-order valence-corrected chi connectivity index (χ0v) is 8.65. The van der Waals surface area contributed by atoms with Crippen LogP contribution in [0.15, 0.2) is 48.5 Å². The predicted molar refractivity (Wildman–Crippen MR) is 61.2 cm³/mol. The van der Waals surface area contributed by atoms with Crippen molar-refractivity contribution in [1.29, 1.82) is 5.26 Å². The number of hydrogen-bond donors (Lipinski definition) is 0. The number of nitrogens with zero attached hydrogens (tertiary/aromatic N) is 1. The van der Waals surface area contributed by atoms with Crippen molar-refractivity contribution in [2.24, 2.45) is 0 Å². The lowest BCUT2D eigenvalue weighted by Crippen LogP contribution is -1.92. The highest BCUT2D eigenvalue weighted by molar-refractivity contribution is 5.65. The second-order valence-electron chi connectivity index (χ2n) is 3.48. The van der Waals surface area contributed by atoms with Gasteiger partial charge in [0, 0.05) is 11.1 Å². The number of rotatable bonds is 2. The van der Waals surface area contributed by atoms with Crippen LogP contribution in [-0.4, -0.2) is 0 Å². The van der Waals surface area contributed by atoms with Crippen LogP contribution in [0.4, 0.5) is 4.39 Å². The molecular weight excluding hydrogens is 201 g/mol. The summed E-state index contributed by atoms with van der Waals surface area (Å²) in [6.45, 7) is 0. The zero-order valence-electron chi connectivity index (χ0n) is 8.65. The minimum atomic E-state index is -0.296. The van der Waals surface area contributed by atoms with E-state index in [4.69, 9.17) is 5.26 Å². The molecule has 2 heteroatoms. The van der Waals surface area contributed by atoms with E-state index in [1.807, 2.05) is 36.4 Å². The number of halogens is 1. The van der Waals surface area contributed by atoms with E-state index < -0.39 is 0 Å². The number of benzene rings is 2. The summed E-state index contributed by atoms with van der Waals surface area (Å²) in [7, 11) is 0. The Balaban J connectivity index is 2.51. The van der Waals surface area contributed by atoms with Gasteiger partial charge in [0.15, 0.2) is 0 Å². The Bertz CT molecular complexity index is 526. The Morgan fingerprint density at radius 3 is 2.44 bits per heavy atom. The molecule has 0 amide bonds. The molecule has 0 aromatic heterocycles. The first-order valence-corrected chi connectivity index (χ1v) is 5.02. The smallest absolute Gasteiger partial charge is 0.135 e. The van der Waals surface area contributed by atoms with E-state index in [-0.39, 0.29) is 12.2 Å². The Labute approximate surface area is 93.8 Å². The highest BCUT2D eigenvalue weighted by Gasteiger charge is 2.08. The maximum atomic E-state index is 14.0. The zero-order chi connectivity index (χ0) is 11.4. The van der Waals surface area contributed by atoms with Crippen LogP contribution in [0.1, 0.15) is 5.56 Å². The third kappa shape index (κ3) is 1.94. The van der Waals surface area contributed by atoms with Crippen LogP contribution < -0.4 is 0 Å². The first-order valence-electron chi connectivity index (χ1n) is 5.02. The molecule has 0 aliphatic heterocycles.